The summed E-state index contributed by atoms with van der Waals surface area (Å²) in [4.78, 5) is 7.38. The van der Waals surface area contributed by atoms with Crippen LogP contribution in [0.3, 0.4) is 0 Å². The van der Waals surface area contributed by atoms with Gasteiger partial charge in [0.1, 0.15) is 0 Å². The molecule has 0 spiro atoms. The van der Waals surface area contributed by atoms with Crippen molar-refractivity contribution in [3.05, 3.63) is 0 Å². The molecule has 0 aromatic carbocycles. The predicted octanol–water partition coefficient (Wildman–Crippen LogP) is 0.151. The Labute approximate surface area is 90.6 Å². The number of hydrogen-bond acceptors (Lipinski definition) is 4. The Morgan fingerprint density at radius 2 is 0.769 bits per heavy atom. The number of hydrogen-bond donors (Lipinski definition) is 0. The van der Waals surface area contributed by atoms with Gasteiger partial charge in [-0.1, -0.05) is 0 Å². The van der Waals surface area contributed by atoms with Crippen LogP contribution in [0, 0.1) is 0 Å². The Morgan fingerprint density at radius 3 is 0.769 bits per heavy atom. The van der Waals surface area contributed by atoms with Gasteiger partial charge >= 0.3 is 17.1 Å². The maximum atomic E-state index is 9.45. The molecular formula is C8H18FeO4. The molecule has 82 valence electrons. The van der Waals surface area contributed by atoms with Gasteiger partial charge in [0.2, 0.25) is 0 Å². The van der Waals surface area contributed by atoms with Crippen LogP contribution in [0.25, 0.3) is 0 Å². The van der Waals surface area contributed by atoms with Crippen LogP contribution in [0.1, 0.15) is 41.5 Å². The summed E-state index contributed by atoms with van der Waals surface area (Å²) in [6.07, 6.45) is 0. The summed E-state index contributed by atoms with van der Waals surface area (Å²) in [7, 11) is 0. The Kier molecular flexibility index (Phi) is 11.3. The molecule has 0 aromatic heterocycles. The molecule has 5 heteroatoms. The van der Waals surface area contributed by atoms with Crippen molar-refractivity contribution in [1.29, 1.82) is 0 Å². The van der Waals surface area contributed by atoms with Crippen LogP contribution in [0.4, 0.5) is 0 Å². The zero-order valence-corrected chi connectivity index (χ0v) is 10.1. The first-order valence-corrected chi connectivity index (χ1v) is 3.74. The molecule has 0 saturated heterocycles. The topological polar surface area (TPSA) is 64.6 Å². The van der Waals surface area contributed by atoms with Crippen LogP contribution < -0.4 is 10.5 Å². The monoisotopic (exact) mass is 234 g/mol. The van der Waals surface area contributed by atoms with Gasteiger partial charge in [0.05, 0.1) is 0 Å². The van der Waals surface area contributed by atoms with Crippen molar-refractivity contribution < 1.29 is 37.4 Å². The Balaban J connectivity index is -0.000000143. The van der Waals surface area contributed by atoms with Crippen molar-refractivity contribution in [3.63, 3.8) is 0 Å². The second-order valence-electron chi connectivity index (χ2n) is 4.39. The third-order valence-electron chi connectivity index (χ3n) is 0.500. The van der Waals surface area contributed by atoms with E-state index in [0.717, 1.165) is 0 Å². The molecule has 0 N–H and O–H groups in total. The molecule has 13 heavy (non-hydrogen) atoms. The van der Waals surface area contributed by atoms with Crippen molar-refractivity contribution >= 4 is 0 Å². The van der Waals surface area contributed by atoms with Crippen LogP contribution in [-0.4, -0.2) is 11.2 Å². The van der Waals surface area contributed by atoms with Crippen molar-refractivity contribution in [2.75, 3.05) is 0 Å². The van der Waals surface area contributed by atoms with E-state index in [9.17, 15) is 10.5 Å². The molecule has 0 unspecified atom stereocenters. The molecule has 0 fully saturated rings. The third kappa shape index (κ3) is 32.8. The minimum Gasteiger partial charge on any atom is -0.723 e. The molecule has 0 radical (unpaired) electrons. The van der Waals surface area contributed by atoms with Gasteiger partial charge < -0.3 is 20.3 Å². The minimum absolute atomic E-state index is 0. The van der Waals surface area contributed by atoms with Gasteiger partial charge in [0.25, 0.3) is 0 Å². The van der Waals surface area contributed by atoms with Gasteiger partial charge in [-0.15, -0.1) is 0 Å². The van der Waals surface area contributed by atoms with E-state index in [0.29, 0.717) is 0 Å². The summed E-state index contributed by atoms with van der Waals surface area (Å²) in [5, 5.41) is 18.9. The van der Waals surface area contributed by atoms with E-state index >= 15 is 0 Å². The molecule has 4 nitrogen and oxygen atoms in total. The van der Waals surface area contributed by atoms with Crippen LogP contribution in [0.5, 0.6) is 0 Å². The molecule has 0 amide bonds. The van der Waals surface area contributed by atoms with Gasteiger partial charge in [-0.2, -0.15) is 0 Å². The zero-order valence-electron chi connectivity index (χ0n) is 8.99. The van der Waals surface area contributed by atoms with Gasteiger partial charge in [0, 0.05) is 11.2 Å². The molecule has 0 rings (SSSR count). The van der Waals surface area contributed by atoms with Crippen molar-refractivity contribution in [3.8, 4) is 0 Å². The minimum atomic E-state index is -0.514. The zero-order chi connectivity index (χ0) is 10.4. The largest absolute Gasteiger partial charge is 2.00 e. The first kappa shape index (κ1) is 19.0. The average Bonchev–Trinajstić information content (AvgIpc) is 1.86. The Hall–Kier alpha value is 0.359. The van der Waals surface area contributed by atoms with Crippen LogP contribution >= 0.6 is 0 Å². The van der Waals surface area contributed by atoms with E-state index in [-0.39, 0.29) is 17.1 Å². The first-order chi connectivity index (χ1) is 5.12. The quantitative estimate of drug-likeness (QED) is 0.340. The Bertz CT molecular complexity index is 89.7. The fourth-order valence-corrected chi connectivity index (χ4v) is 0. The van der Waals surface area contributed by atoms with Gasteiger partial charge in [-0.05, 0) is 41.5 Å². The van der Waals surface area contributed by atoms with E-state index in [1.54, 1.807) is 41.5 Å². The van der Waals surface area contributed by atoms with E-state index in [1.165, 1.54) is 0 Å². The van der Waals surface area contributed by atoms with Crippen LogP contribution in [-0.2, 0) is 26.8 Å². The summed E-state index contributed by atoms with van der Waals surface area (Å²) in [5.41, 5.74) is -1.03. The third-order valence-corrected chi connectivity index (χ3v) is 0.500. The van der Waals surface area contributed by atoms with E-state index in [4.69, 9.17) is 0 Å². The van der Waals surface area contributed by atoms with E-state index < -0.39 is 11.2 Å². The molecule has 0 heterocycles. The van der Waals surface area contributed by atoms with E-state index in [1.807, 2.05) is 0 Å². The van der Waals surface area contributed by atoms with E-state index in [2.05, 4.69) is 9.78 Å². The van der Waals surface area contributed by atoms with Crippen molar-refractivity contribution in [1.82, 2.24) is 0 Å². The molecule has 0 aliphatic heterocycles. The molecular weight excluding hydrogens is 216 g/mol. The molecule has 0 aliphatic rings. The normalized spacial score (nSPS) is 11.1. The molecule has 0 bridgehead atoms. The summed E-state index contributed by atoms with van der Waals surface area (Å²) >= 11 is 0. The summed E-state index contributed by atoms with van der Waals surface area (Å²) in [6.45, 7) is 10.3. The van der Waals surface area contributed by atoms with Gasteiger partial charge in [0.15, 0.2) is 0 Å². The molecule has 0 saturated carbocycles. The molecule has 0 aromatic rings. The fourth-order valence-electron chi connectivity index (χ4n) is 0. The summed E-state index contributed by atoms with van der Waals surface area (Å²) < 4.78 is 0. The number of rotatable bonds is 0. The van der Waals surface area contributed by atoms with Crippen molar-refractivity contribution in [2.24, 2.45) is 0 Å². The maximum absolute atomic E-state index is 9.45. The molecule has 0 aliphatic carbocycles. The van der Waals surface area contributed by atoms with Crippen LogP contribution in [0.2, 0.25) is 0 Å². The predicted molar refractivity (Wildman–Crippen MR) is 41.7 cm³/mol. The second kappa shape index (κ2) is 7.73. The standard InChI is InChI=1S/2C4H10O2.Fe/c2*1-4(2,3)6-5;/h2*5H,1-3H3;/q;;+2/p-2. The SMILES string of the molecule is CC(C)(C)O[O-].CC(C)(C)O[O-].[Fe+2]. The summed E-state index contributed by atoms with van der Waals surface area (Å²) in [6, 6.07) is 0. The van der Waals surface area contributed by atoms with Gasteiger partial charge in [-0.25, -0.2) is 0 Å². The smallest absolute Gasteiger partial charge is 0.723 e. The van der Waals surface area contributed by atoms with Crippen molar-refractivity contribution in [2.45, 2.75) is 52.7 Å². The second-order valence-corrected chi connectivity index (χ2v) is 4.39. The summed E-state index contributed by atoms with van der Waals surface area (Å²) in [5.74, 6) is 0. The first-order valence-electron chi connectivity index (χ1n) is 3.74. The maximum Gasteiger partial charge on any atom is 2.00 e. The average molecular weight is 234 g/mol. The molecule has 0 atom stereocenters. The van der Waals surface area contributed by atoms with Gasteiger partial charge in [-0.3, -0.25) is 0 Å². The fraction of sp³-hybridized carbons (Fsp3) is 1.00. The Morgan fingerprint density at radius 1 is 0.692 bits per heavy atom. The van der Waals surface area contributed by atoms with Crippen LogP contribution in [0.15, 0.2) is 0 Å².